The van der Waals surface area contributed by atoms with Gasteiger partial charge in [-0.3, -0.25) is 4.79 Å². The van der Waals surface area contributed by atoms with Crippen molar-refractivity contribution in [3.8, 4) is 0 Å². The molecule has 0 bridgehead atoms. The van der Waals surface area contributed by atoms with E-state index in [1.54, 1.807) is 0 Å². The Morgan fingerprint density at radius 2 is 1.81 bits per heavy atom. The minimum absolute atomic E-state index is 0.0411. The Bertz CT molecular complexity index is 684. The van der Waals surface area contributed by atoms with Crippen molar-refractivity contribution < 1.29 is 4.79 Å². The van der Waals surface area contributed by atoms with Crippen molar-refractivity contribution in [1.82, 2.24) is 5.32 Å². The Kier molecular flexibility index (Phi) is 3.71. The molecular formula is C17H16N2OS. The highest BCUT2D eigenvalue weighted by Crippen LogP contribution is 2.37. The third-order valence-electron chi connectivity index (χ3n) is 3.76. The molecule has 0 saturated heterocycles. The molecule has 2 aromatic rings. The first-order chi connectivity index (χ1) is 10.2. The molecule has 1 unspecified atom stereocenters. The molecule has 3 nitrogen and oxygen atoms in total. The molecule has 3 rings (SSSR count). The second kappa shape index (κ2) is 5.66. The average molecular weight is 296 g/mol. The number of para-hydroxylation sites is 1. The van der Waals surface area contributed by atoms with Gasteiger partial charge in [-0.15, -0.1) is 0 Å². The summed E-state index contributed by atoms with van der Waals surface area (Å²) in [4.78, 5) is 15.1. The molecule has 1 N–H and O–H groups in total. The second-order valence-corrected chi connectivity index (χ2v) is 5.51. The number of carbonyl (C=O) groups excluding carboxylic acids is 1. The van der Waals surface area contributed by atoms with Gasteiger partial charge in [-0.25, -0.2) is 0 Å². The first-order valence-corrected chi connectivity index (χ1v) is 7.27. The Hall–Kier alpha value is -2.20. The second-order valence-electron chi connectivity index (χ2n) is 5.09. The number of amides is 1. The summed E-state index contributed by atoms with van der Waals surface area (Å²) in [5, 5.41) is 2.98. The summed E-state index contributed by atoms with van der Waals surface area (Å²) >= 11 is 5.44. The Balaban J connectivity index is 1.77. The molecule has 0 fully saturated rings. The smallest absolute Gasteiger partial charge is 0.234 e. The highest BCUT2D eigenvalue weighted by Gasteiger charge is 2.36. The lowest BCUT2D eigenvalue weighted by molar-refractivity contribution is -0.121. The van der Waals surface area contributed by atoms with Crippen molar-refractivity contribution in [2.75, 3.05) is 11.9 Å². The summed E-state index contributed by atoms with van der Waals surface area (Å²) in [6.45, 7) is 0.519. The Morgan fingerprint density at radius 3 is 2.57 bits per heavy atom. The summed E-state index contributed by atoms with van der Waals surface area (Å²) in [5.41, 5.74) is 3.08. The summed E-state index contributed by atoms with van der Waals surface area (Å²) in [6, 6.07) is 17.7. The zero-order valence-electron chi connectivity index (χ0n) is 11.7. The SMILES string of the molecule is CN1C(=S)C(C(=O)NCc2ccccc2)c2ccccc21. The fourth-order valence-electron chi connectivity index (χ4n) is 2.62. The molecule has 1 amide bonds. The summed E-state index contributed by atoms with van der Waals surface area (Å²) in [5.74, 6) is -0.412. The van der Waals surface area contributed by atoms with Gasteiger partial charge in [0.15, 0.2) is 0 Å². The van der Waals surface area contributed by atoms with E-state index in [9.17, 15) is 4.79 Å². The van der Waals surface area contributed by atoms with Gasteiger partial charge in [0.2, 0.25) is 5.91 Å². The lowest BCUT2D eigenvalue weighted by Crippen LogP contribution is -2.34. The van der Waals surface area contributed by atoms with Crippen LogP contribution in [0.5, 0.6) is 0 Å². The monoisotopic (exact) mass is 296 g/mol. The molecule has 21 heavy (non-hydrogen) atoms. The van der Waals surface area contributed by atoms with Crippen LogP contribution in [0.4, 0.5) is 5.69 Å². The van der Waals surface area contributed by atoms with E-state index in [2.05, 4.69) is 5.32 Å². The molecule has 2 aromatic carbocycles. The van der Waals surface area contributed by atoms with Crippen molar-refractivity contribution in [2.45, 2.75) is 12.5 Å². The topological polar surface area (TPSA) is 32.3 Å². The molecule has 0 radical (unpaired) electrons. The minimum atomic E-state index is -0.370. The number of benzene rings is 2. The van der Waals surface area contributed by atoms with E-state index in [0.717, 1.165) is 16.8 Å². The molecule has 1 aliphatic heterocycles. The quantitative estimate of drug-likeness (QED) is 0.884. The maximum Gasteiger partial charge on any atom is 0.234 e. The number of thiocarbonyl (C=S) groups is 1. The molecule has 106 valence electrons. The fraction of sp³-hybridized carbons (Fsp3) is 0.176. The summed E-state index contributed by atoms with van der Waals surface area (Å²) in [7, 11) is 1.91. The molecular weight excluding hydrogens is 280 g/mol. The zero-order chi connectivity index (χ0) is 14.8. The zero-order valence-corrected chi connectivity index (χ0v) is 12.6. The van der Waals surface area contributed by atoms with Gasteiger partial charge < -0.3 is 10.2 Å². The predicted octanol–water partition coefficient (Wildman–Crippen LogP) is 2.86. The molecule has 0 saturated carbocycles. The van der Waals surface area contributed by atoms with E-state index in [4.69, 9.17) is 12.2 Å². The molecule has 4 heteroatoms. The molecule has 0 spiro atoms. The molecule has 1 aliphatic rings. The number of fused-ring (bicyclic) bond motifs is 1. The van der Waals surface area contributed by atoms with E-state index in [1.807, 2.05) is 66.5 Å². The van der Waals surface area contributed by atoms with Gasteiger partial charge in [0.05, 0.1) is 4.99 Å². The van der Waals surface area contributed by atoms with Gasteiger partial charge in [0.1, 0.15) is 5.92 Å². The Morgan fingerprint density at radius 1 is 1.14 bits per heavy atom. The van der Waals surface area contributed by atoms with E-state index in [-0.39, 0.29) is 11.8 Å². The number of rotatable bonds is 3. The third-order valence-corrected chi connectivity index (χ3v) is 4.27. The Labute approximate surface area is 129 Å². The van der Waals surface area contributed by atoms with Gasteiger partial charge in [-0.2, -0.15) is 0 Å². The first kappa shape index (κ1) is 13.8. The number of likely N-dealkylation sites (N-methyl/N-ethyl adjacent to an activating group) is 1. The van der Waals surface area contributed by atoms with E-state index in [1.165, 1.54) is 0 Å². The van der Waals surface area contributed by atoms with Crippen molar-refractivity contribution in [1.29, 1.82) is 0 Å². The van der Waals surface area contributed by atoms with Crippen LogP contribution >= 0.6 is 12.2 Å². The third kappa shape index (κ3) is 2.54. The standard InChI is InChI=1S/C17H16N2OS/c1-19-14-10-6-5-9-13(14)15(17(19)21)16(20)18-11-12-7-3-2-4-8-12/h2-10,15H,11H2,1H3,(H,18,20). The van der Waals surface area contributed by atoms with E-state index < -0.39 is 0 Å². The predicted molar refractivity (Wildman–Crippen MR) is 88.5 cm³/mol. The number of anilines is 1. The van der Waals surface area contributed by atoms with Crippen molar-refractivity contribution >= 4 is 28.8 Å². The van der Waals surface area contributed by atoms with Crippen LogP contribution in [0, 0.1) is 0 Å². The van der Waals surface area contributed by atoms with Crippen LogP contribution in [-0.4, -0.2) is 17.9 Å². The highest BCUT2D eigenvalue weighted by atomic mass is 32.1. The van der Waals surface area contributed by atoms with E-state index >= 15 is 0 Å². The summed E-state index contributed by atoms with van der Waals surface area (Å²) < 4.78 is 0. The van der Waals surface area contributed by atoms with Crippen LogP contribution in [0.2, 0.25) is 0 Å². The van der Waals surface area contributed by atoms with Crippen molar-refractivity contribution in [2.24, 2.45) is 0 Å². The molecule has 0 aliphatic carbocycles. The van der Waals surface area contributed by atoms with Crippen LogP contribution in [0.3, 0.4) is 0 Å². The summed E-state index contributed by atoms with van der Waals surface area (Å²) in [6.07, 6.45) is 0. The van der Waals surface area contributed by atoms with Crippen LogP contribution in [-0.2, 0) is 11.3 Å². The number of carbonyl (C=O) groups is 1. The van der Waals surface area contributed by atoms with Gasteiger partial charge >= 0.3 is 0 Å². The maximum absolute atomic E-state index is 12.5. The van der Waals surface area contributed by atoms with Crippen LogP contribution in [0.15, 0.2) is 54.6 Å². The van der Waals surface area contributed by atoms with Gasteiger partial charge in [0, 0.05) is 19.3 Å². The molecule has 1 atom stereocenters. The van der Waals surface area contributed by atoms with Crippen molar-refractivity contribution in [3.63, 3.8) is 0 Å². The van der Waals surface area contributed by atoms with Crippen LogP contribution < -0.4 is 10.2 Å². The number of nitrogens with zero attached hydrogens (tertiary/aromatic N) is 1. The lowest BCUT2D eigenvalue weighted by atomic mass is 10.0. The average Bonchev–Trinajstić information content (AvgIpc) is 2.78. The normalized spacial score (nSPS) is 16.7. The highest BCUT2D eigenvalue weighted by molar-refractivity contribution is 7.80. The van der Waals surface area contributed by atoms with Gasteiger partial charge in [-0.05, 0) is 17.2 Å². The van der Waals surface area contributed by atoms with Gasteiger partial charge in [-0.1, -0.05) is 60.7 Å². The minimum Gasteiger partial charge on any atom is -0.351 e. The van der Waals surface area contributed by atoms with Crippen LogP contribution in [0.25, 0.3) is 0 Å². The van der Waals surface area contributed by atoms with Crippen LogP contribution in [0.1, 0.15) is 17.0 Å². The van der Waals surface area contributed by atoms with Crippen molar-refractivity contribution in [3.05, 3.63) is 65.7 Å². The van der Waals surface area contributed by atoms with Gasteiger partial charge in [0.25, 0.3) is 0 Å². The number of hydrogen-bond donors (Lipinski definition) is 1. The first-order valence-electron chi connectivity index (χ1n) is 6.86. The molecule has 1 heterocycles. The maximum atomic E-state index is 12.5. The number of hydrogen-bond acceptors (Lipinski definition) is 2. The fourth-order valence-corrected chi connectivity index (χ4v) is 2.96. The molecule has 0 aromatic heterocycles. The van der Waals surface area contributed by atoms with E-state index in [0.29, 0.717) is 11.5 Å². The largest absolute Gasteiger partial charge is 0.351 e. The lowest BCUT2D eigenvalue weighted by Gasteiger charge is -2.14. The number of nitrogens with one attached hydrogen (secondary N) is 1.